The van der Waals surface area contributed by atoms with E-state index in [-0.39, 0.29) is 5.91 Å². The first-order valence-corrected chi connectivity index (χ1v) is 7.98. The van der Waals surface area contributed by atoms with E-state index < -0.39 is 0 Å². The first-order valence-electron chi connectivity index (χ1n) is 7.98. The van der Waals surface area contributed by atoms with E-state index in [2.05, 4.69) is 34.1 Å². The zero-order valence-corrected chi connectivity index (χ0v) is 12.9. The minimum absolute atomic E-state index is 0.131. The van der Waals surface area contributed by atoms with Crippen LogP contribution < -0.4 is 4.90 Å². The van der Waals surface area contributed by atoms with Gasteiger partial charge in [-0.3, -0.25) is 4.79 Å². The van der Waals surface area contributed by atoms with Gasteiger partial charge < -0.3 is 14.8 Å². The van der Waals surface area contributed by atoms with E-state index in [9.17, 15) is 4.79 Å². The Morgan fingerprint density at radius 1 is 0.913 bits per heavy atom. The van der Waals surface area contributed by atoms with E-state index in [1.54, 1.807) is 0 Å². The standard InChI is InChI=1S/C19H19N3O/c23-19(15-4-2-1-3-5-15)22-12-10-21(11-13-22)17-6-7-18-16(14-17)8-9-20-18/h1-9,14,20H,10-13H2. The summed E-state index contributed by atoms with van der Waals surface area (Å²) >= 11 is 0. The van der Waals surface area contributed by atoms with Crippen molar-refractivity contribution in [2.24, 2.45) is 0 Å². The van der Waals surface area contributed by atoms with Crippen molar-refractivity contribution in [2.45, 2.75) is 0 Å². The van der Waals surface area contributed by atoms with Crippen molar-refractivity contribution in [1.82, 2.24) is 9.88 Å². The molecule has 2 heterocycles. The smallest absolute Gasteiger partial charge is 0.253 e. The lowest BCUT2D eigenvalue weighted by molar-refractivity contribution is 0.0747. The molecule has 0 saturated carbocycles. The molecule has 4 heteroatoms. The molecular formula is C19H19N3O. The fourth-order valence-electron chi connectivity index (χ4n) is 3.17. The third-order valence-corrected chi connectivity index (χ3v) is 4.49. The Labute approximate surface area is 135 Å². The molecule has 1 aliphatic rings. The average Bonchev–Trinajstić information content (AvgIpc) is 3.10. The molecule has 0 unspecified atom stereocenters. The molecular weight excluding hydrogens is 286 g/mol. The lowest BCUT2D eigenvalue weighted by atomic mass is 10.1. The van der Waals surface area contributed by atoms with Crippen LogP contribution in [0.5, 0.6) is 0 Å². The predicted octanol–water partition coefficient (Wildman–Crippen LogP) is 3.13. The first kappa shape index (κ1) is 13.9. The maximum absolute atomic E-state index is 12.5. The number of anilines is 1. The Morgan fingerprint density at radius 3 is 2.48 bits per heavy atom. The third kappa shape index (κ3) is 2.68. The second-order valence-electron chi connectivity index (χ2n) is 5.89. The molecule has 0 radical (unpaired) electrons. The second kappa shape index (κ2) is 5.80. The van der Waals surface area contributed by atoms with E-state index in [1.807, 2.05) is 41.4 Å². The fourth-order valence-corrected chi connectivity index (χ4v) is 3.17. The highest BCUT2D eigenvalue weighted by Gasteiger charge is 2.22. The van der Waals surface area contributed by atoms with Crippen molar-refractivity contribution in [3.05, 3.63) is 66.4 Å². The number of hydrogen-bond acceptors (Lipinski definition) is 2. The number of piperazine rings is 1. The lowest BCUT2D eigenvalue weighted by Gasteiger charge is -2.36. The highest BCUT2D eigenvalue weighted by molar-refractivity contribution is 5.94. The molecule has 0 spiro atoms. The van der Waals surface area contributed by atoms with Gasteiger partial charge in [-0.25, -0.2) is 0 Å². The van der Waals surface area contributed by atoms with Crippen LogP contribution in [0.2, 0.25) is 0 Å². The summed E-state index contributed by atoms with van der Waals surface area (Å²) in [5, 5.41) is 1.23. The summed E-state index contributed by atoms with van der Waals surface area (Å²) in [6.07, 6.45) is 1.96. The van der Waals surface area contributed by atoms with Gasteiger partial charge in [0.15, 0.2) is 0 Å². The van der Waals surface area contributed by atoms with Gasteiger partial charge in [0.25, 0.3) is 5.91 Å². The Bertz CT molecular complexity index is 817. The van der Waals surface area contributed by atoms with Crippen molar-refractivity contribution in [1.29, 1.82) is 0 Å². The summed E-state index contributed by atoms with van der Waals surface area (Å²) in [5.41, 5.74) is 3.16. The highest BCUT2D eigenvalue weighted by Crippen LogP contribution is 2.22. The molecule has 4 nitrogen and oxygen atoms in total. The molecule has 1 saturated heterocycles. The molecule has 1 amide bonds. The molecule has 2 aromatic carbocycles. The van der Waals surface area contributed by atoms with E-state index >= 15 is 0 Å². The molecule has 1 aromatic heterocycles. The van der Waals surface area contributed by atoms with Crippen LogP contribution in [-0.2, 0) is 0 Å². The monoisotopic (exact) mass is 305 g/mol. The van der Waals surface area contributed by atoms with Crippen LogP contribution in [0.15, 0.2) is 60.8 Å². The number of amides is 1. The van der Waals surface area contributed by atoms with Gasteiger partial charge in [0.05, 0.1) is 0 Å². The molecule has 4 rings (SSSR count). The largest absolute Gasteiger partial charge is 0.368 e. The van der Waals surface area contributed by atoms with Crippen molar-refractivity contribution in [3.63, 3.8) is 0 Å². The van der Waals surface area contributed by atoms with Crippen LogP contribution in [0.4, 0.5) is 5.69 Å². The maximum Gasteiger partial charge on any atom is 0.253 e. The Balaban J connectivity index is 1.45. The van der Waals surface area contributed by atoms with E-state index in [4.69, 9.17) is 0 Å². The summed E-state index contributed by atoms with van der Waals surface area (Å²) in [4.78, 5) is 20.0. The van der Waals surface area contributed by atoms with E-state index in [1.165, 1.54) is 11.1 Å². The number of hydrogen-bond donors (Lipinski definition) is 1. The van der Waals surface area contributed by atoms with Gasteiger partial charge in [0.1, 0.15) is 0 Å². The van der Waals surface area contributed by atoms with Crippen molar-refractivity contribution in [2.75, 3.05) is 31.1 Å². The number of aromatic nitrogens is 1. The SMILES string of the molecule is O=C(c1ccccc1)N1CCN(c2ccc3[nH]ccc3c2)CC1. The number of fused-ring (bicyclic) bond motifs is 1. The summed E-state index contributed by atoms with van der Waals surface area (Å²) in [5.74, 6) is 0.131. The number of aromatic amines is 1. The van der Waals surface area contributed by atoms with Gasteiger partial charge in [-0.05, 0) is 36.4 Å². The zero-order chi connectivity index (χ0) is 15.6. The van der Waals surface area contributed by atoms with Crippen LogP contribution in [0.25, 0.3) is 10.9 Å². The Morgan fingerprint density at radius 2 is 1.70 bits per heavy atom. The summed E-state index contributed by atoms with van der Waals surface area (Å²) in [7, 11) is 0. The average molecular weight is 305 g/mol. The molecule has 23 heavy (non-hydrogen) atoms. The van der Waals surface area contributed by atoms with Crippen molar-refractivity contribution < 1.29 is 4.79 Å². The molecule has 0 bridgehead atoms. The van der Waals surface area contributed by atoms with E-state index in [0.717, 1.165) is 37.3 Å². The van der Waals surface area contributed by atoms with Crippen molar-refractivity contribution in [3.8, 4) is 0 Å². The zero-order valence-electron chi connectivity index (χ0n) is 12.9. The van der Waals surface area contributed by atoms with Crippen LogP contribution in [0.1, 0.15) is 10.4 Å². The molecule has 1 N–H and O–H groups in total. The number of carbonyl (C=O) groups is 1. The van der Waals surface area contributed by atoms with Crippen LogP contribution in [-0.4, -0.2) is 42.0 Å². The molecule has 0 aliphatic carbocycles. The summed E-state index contributed by atoms with van der Waals surface area (Å²) in [6, 6.07) is 18.1. The van der Waals surface area contributed by atoms with Gasteiger partial charge in [0, 0.05) is 54.5 Å². The van der Waals surface area contributed by atoms with Crippen molar-refractivity contribution >= 4 is 22.5 Å². The number of carbonyl (C=O) groups excluding carboxylic acids is 1. The summed E-state index contributed by atoms with van der Waals surface area (Å²) in [6.45, 7) is 3.26. The molecule has 1 fully saturated rings. The number of nitrogens with zero attached hydrogens (tertiary/aromatic N) is 2. The lowest BCUT2D eigenvalue weighted by Crippen LogP contribution is -2.48. The fraction of sp³-hybridized carbons (Fsp3) is 0.211. The maximum atomic E-state index is 12.5. The quantitative estimate of drug-likeness (QED) is 0.790. The molecule has 0 atom stereocenters. The second-order valence-corrected chi connectivity index (χ2v) is 5.89. The number of nitrogens with one attached hydrogen (secondary N) is 1. The molecule has 1 aliphatic heterocycles. The topological polar surface area (TPSA) is 39.3 Å². The summed E-state index contributed by atoms with van der Waals surface area (Å²) < 4.78 is 0. The normalized spacial score (nSPS) is 15.1. The number of H-pyrrole nitrogens is 1. The van der Waals surface area contributed by atoms with Gasteiger partial charge in [-0.1, -0.05) is 18.2 Å². The third-order valence-electron chi connectivity index (χ3n) is 4.49. The van der Waals surface area contributed by atoms with Crippen LogP contribution >= 0.6 is 0 Å². The first-order chi connectivity index (χ1) is 11.3. The van der Waals surface area contributed by atoms with E-state index in [0.29, 0.717) is 0 Å². The van der Waals surface area contributed by atoms with Gasteiger partial charge >= 0.3 is 0 Å². The van der Waals surface area contributed by atoms with Gasteiger partial charge in [-0.15, -0.1) is 0 Å². The Kier molecular flexibility index (Phi) is 3.50. The Hall–Kier alpha value is -2.75. The van der Waals surface area contributed by atoms with Crippen LogP contribution in [0, 0.1) is 0 Å². The predicted molar refractivity (Wildman–Crippen MR) is 92.9 cm³/mol. The molecule has 116 valence electrons. The minimum Gasteiger partial charge on any atom is -0.368 e. The molecule has 3 aromatic rings. The number of rotatable bonds is 2. The van der Waals surface area contributed by atoms with Gasteiger partial charge in [0.2, 0.25) is 0 Å². The number of benzene rings is 2. The van der Waals surface area contributed by atoms with Gasteiger partial charge in [-0.2, -0.15) is 0 Å². The highest BCUT2D eigenvalue weighted by atomic mass is 16.2. The van der Waals surface area contributed by atoms with Crippen LogP contribution in [0.3, 0.4) is 0 Å². The minimum atomic E-state index is 0.131.